The lowest BCUT2D eigenvalue weighted by Crippen LogP contribution is -2.29. The number of hydrogen-bond acceptors (Lipinski definition) is 5. The number of nitrogens with zero attached hydrogens (tertiary/aromatic N) is 2. The van der Waals surface area contributed by atoms with Crippen LogP contribution in [0.5, 0.6) is 5.75 Å². The number of carbonyl (C=O) groups excluding carboxylic acids is 1. The molecule has 1 aromatic carbocycles. The molecule has 0 aliphatic heterocycles. The molecule has 0 unspecified atom stereocenters. The topological polar surface area (TPSA) is 73.2 Å². The smallest absolute Gasteiger partial charge is 0.262 e. The average Bonchev–Trinajstić information content (AvgIpc) is 3.04. The van der Waals surface area contributed by atoms with Gasteiger partial charge in [0.2, 0.25) is 5.91 Å². The molecule has 0 aliphatic carbocycles. The van der Waals surface area contributed by atoms with E-state index in [1.165, 1.54) is 15.9 Å². The van der Waals surface area contributed by atoms with Gasteiger partial charge in [0, 0.05) is 10.6 Å². The van der Waals surface area contributed by atoms with Crippen molar-refractivity contribution in [3.05, 3.63) is 51.4 Å². The van der Waals surface area contributed by atoms with Gasteiger partial charge in [-0.2, -0.15) is 0 Å². The second-order valence-corrected chi connectivity index (χ2v) is 6.96. The molecule has 0 radical (unpaired) electrons. The number of thiophene rings is 1. The summed E-state index contributed by atoms with van der Waals surface area (Å²) >= 11 is 1.52. The van der Waals surface area contributed by atoms with E-state index in [0.717, 1.165) is 21.9 Å². The van der Waals surface area contributed by atoms with Crippen LogP contribution in [0.4, 0.5) is 5.69 Å². The lowest BCUT2D eigenvalue weighted by molar-refractivity contribution is -0.116. The molecule has 0 atom stereocenters. The van der Waals surface area contributed by atoms with Crippen LogP contribution in [-0.2, 0) is 17.8 Å². The maximum atomic E-state index is 12.7. The van der Waals surface area contributed by atoms with Gasteiger partial charge in [-0.1, -0.05) is 6.92 Å². The Balaban J connectivity index is 1.79. The molecule has 0 spiro atoms. The summed E-state index contributed by atoms with van der Waals surface area (Å²) in [6, 6.07) is 9.00. The molecule has 0 saturated heterocycles. The van der Waals surface area contributed by atoms with Gasteiger partial charge in [-0.15, -0.1) is 11.3 Å². The zero-order chi connectivity index (χ0) is 18.7. The van der Waals surface area contributed by atoms with Crippen molar-refractivity contribution in [1.29, 1.82) is 0 Å². The fourth-order valence-corrected chi connectivity index (χ4v) is 3.68. The number of aromatic nitrogens is 2. The third-order valence-corrected chi connectivity index (χ3v) is 5.17. The molecule has 26 heavy (non-hydrogen) atoms. The van der Waals surface area contributed by atoms with Gasteiger partial charge in [0.15, 0.2) is 0 Å². The predicted octanol–water partition coefficient (Wildman–Crippen LogP) is 3.37. The minimum atomic E-state index is -0.272. The molecular formula is C19H21N3O3S. The van der Waals surface area contributed by atoms with Gasteiger partial charge in [-0.05, 0) is 50.6 Å². The van der Waals surface area contributed by atoms with Gasteiger partial charge in [0.25, 0.3) is 5.56 Å². The van der Waals surface area contributed by atoms with Crippen molar-refractivity contribution in [2.24, 2.45) is 0 Å². The highest BCUT2D eigenvalue weighted by molar-refractivity contribution is 7.18. The quantitative estimate of drug-likeness (QED) is 0.721. The second-order valence-electron chi connectivity index (χ2n) is 5.84. The highest BCUT2D eigenvalue weighted by Crippen LogP contribution is 2.22. The number of hydrogen-bond donors (Lipinski definition) is 1. The molecule has 0 bridgehead atoms. The van der Waals surface area contributed by atoms with Crippen LogP contribution in [0.25, 0.3) is 10.2 Å². The highest BCUT2D eigenvalue weighted by Gasteiger charge is 2.14. The monoisotopic (exact) mass is 371 g/mol. The van der Waals surface area contributed by atoms with E-state index in [9.17, 15) is 9.59 Å². The van der Waals surface area contributed by atoms with Gasteiger partial charge < -0.3 is 10.1 Å². The summed E-state index contributed by atoms with van der Waals surface area (Å²) in [7, 11) is 0. The van der Waals surface area contributed by atoms with E-state index in [4.69, 9.17) is 4.74 Å². The standard InChI is InChI=1S/C19H21N3O3S/c1-4-15-10-16-18(26-15)20-12(3)22(19(16)24)11-17(23)21-13-6-8-14(9-7-13)25-5-2/h6-10H,4-5,11H2,1-3H3,(H,21,23). The van der Waals surface area contributed by atoms with Crippen molar-refractivity contribution in [1.82, 2.24) is 9.55 Å². The first-order chi connectivity index (χ1) is 12.5. The molecule has 0 aliphatic rings. The van der Waals surface area contributed by atoms with E-state index in [1.807, 2.05) is 19.9 Å². The highest BCUT2D eigenvalue weighted by atomic mass is 32.1. The van der Waals surface area contributed by atoms with Crippen LogP contribution >= 0.6 is 11.3 Å². The molecule has 2 aromatic heterocycles. The third kappa shape index (κ3) is 3.77. The molecule has 0 fully saturated rings. The zero-order valence-electron chi connectivity index (χ0n) is 15.0. The predicted molar refractivity (Wildman–Crippen MR) is 104 cm³/mol. The maximum absolute atomic E-state index is 12.7. The number of rotatable bonds is 6. The summed E-state index contributed by atoms with van der Waals surface area (Å²) in [6.07, 6.45) is 0.859. The summed E-state index contributed by atoms with van der Waals surface area (Å²) in [4.78, 5) is 31.4. The molecule has 136 valence electrons. The van der Waals surface area contributed by atoms with Crippen LogP contribution in [0.15, 0.2) is 35.1 Å². The molecule has 3 rings (SSSR count). The SMILES string of the molecule is CCOc1ccc(NC(=O)Cn2c(C)nc3sc(CC)cc3c2=O)cc1. The average molecular weight is 371 g/mol. The number of aryl methyl sites for hydroxylation is 2. The van der Waals surface area contributed by atoms with Crippen LogP contribution < -0.4 is 15.6 Å². The Morgan fingerprint density at radius 1 is 1.27 bits per heavy atom. The number of fused-ring (bicyclic) bond motifs is 1. The zero-order valence-corrected chi connectivity index (χ0v) is 15.9. The third-order valence-electron chi connectivity index (χ3n) is 3.99. The van der Waals surface area contributed by atoms with E-state index in [0.29, 0.717) is 23.5 Å². The molecule has 1 amide bonds. The molecule has 6 nitrogen and oxygen atoms in total. The van der Waals surface area contributed by atoms with Gasteiger partial charge >= 0.3 is 0 Å². The number of nitrogens with one attached hydrogen (secondary N) is 1. The summed E-state index contributed by atoms with van der Waals surface area (Å²) in [5.74, 6) is 1.01. The van der Waals surface area contributed by atoms with Gasteiger partial charge in [0.05, 0.1) is 12.0 Å². The van der Waals surface area contributed by atoms with Gasteiger partial charge in [-0.25, -0.2) is 4.98 Å². The first-order valence-electron chi connectivity index (χ1n) is 8.54. The summed E-state index contributed by atoms with van der Waals surface area (Å²) in [5, 5.41) is 3.37. The van der Waals surface area contributed by atoms with Crippen molar-refractivity contribution >= 4 is 33.1 Å². The van der Waals surface area contributed by atoms with Crippen molar-refractivity contribution < 1.29 is 9.53 Å². The maximum Gasteiger partial charge on any atom is 0.262 e. The molecular weight excluding hydrogens is 350 g/mol. The fraction of sp³-hybridized carbons (Fsp3) is 0.316. The van der Waals surface area contributed by atoms with Crippen LogP contribution in [0.3, 0.4) is 0 Å². The Hall–Kier alpha value is -2.67. The first kappa shape index (κ1) is 18.1. The summed E-state index contributed by atoms with van der Waals surface area (Å²) in [5.41, 5.74) is 0.479. The molecule has 2 heterocycles. The van der Waals surface area contributed by atoms with Crippen LogP contribution in [-0.4, -0.2) is 22.1 Å². The van der Waals surface area contributed by atoms with Crippen LogP contribution in [0, 0.1) is 6.92 Å². The van der Waals surface area contributed by atoms with Gasteiger partial charge in [-0.3, -0.25) is 14.2 Å². The molecule has 3 aromatic rings. The first-order valence-corrected chi connectivity index (χ1v) is 9.36. The van der Waals surface area contributed by atoms with Crippen LogP contribution in [0.2, 0.25) is 0 Å². The number of ether oxygens (including phenoxy) is 1. The van der Waals surface area contributed by atoms with E-state index in [-0.39, 0.29) is 18.0 Å². The number of carbonyl (C=O) groups is 1. The lowest BCUT2D eigenvalue weighted by atomic mass is 10.3. The van der Waals surface area contributed by atoms with Gasteiger partial charge in [0.1, 0.15) is 22.9 Å². The molecule has 0 saturated carbocycles. The largest absolute Gasteiger partial charge is 0.494 e. The Kier molecular flexibility index (Phi) is 5.37. The number of amides is 1. The van der Waals surface area contributed by atoms with E-state index >= 15 is 0 Å². The van der Waals surface area contributed by atoms with E-state index in [1.54, 1.807) is 31.2 Å². The Labute approximate surface area is 155 Å². The van der Waals surface area contributed by atoms with Crippen molar-refractivity contribution in [2.75, 3.05) is 11.9 Å². The fourth-order valence-electron chi connectivity index (χ4n) is 2.67. The van der Waals surface area contributed by atoms with E-state index < -0.39 is 0 Å². The second kappa shape index (κ2) is 7.70. The normalized spacial score (nSPS) is 10.9. The molecule has 7 heteroatoms. The minimum absolute atomic E-state index is 0.0713. The lowest BCUT2D eigenvalue weighted by Gasteiger charge is -2.10. The van der Waals surface area contributed by atoms with Crippen molar-refractivity contribution in [2.45, 2.75) is 33.7 Å². The Morgan fingerprint density at radius 3 is 2.65 bits per heavy atom. The van der Waals surface area contributed by atoms with E-state index in [2.05, 4.69) is 10.3 Å². The summed E-state index contributed by atoms with van der Waals surface area (Å²) < 4.78 is 6.79. The Bertz CT molecular complexity index is 990. The Morgan fingerprint density at radius 2 is 2.00 bits per heavy atom. The minimum Gasteiger partial charge on any atom is -0.494 e. The number of anilines is 1. The molecule has 1 N–H and O–H groups in total. The van der Waals surface area contributed by atoms with Crippen molar-refractivity contribution in [3.63, 3.8) is 0 Å². The summed E-state index contributed by atoms with van der Waals surface area (Å²) in [6.45, 7) is 6.22. The van der Waals surface area contributed by atoms with Crippen molar-refractivity contribution in [3.8, 4) is 5.75 Å². The number of benzene rings is 1. The van der Waals surface area contributed by atoms with Crippen LogP contribution in [0.1, 0.15) is 24.5 Å².